The van der Waals surface area contributed by atoms with Crippen molar-refractivity contribution < 1.29 is 95.7 Å². The van der Waals surface area contributed by atoms with Gasteiger partial charge in [-0.15, -0.1) is 0 Å². The molecule has 0 atom stereocenters. The third kappa shape index (κ3) is 27.9. The molecule has 57 heavy (non-hydrogen) atoms. The zero-order valence-corrected chi connectivity index (χ0v) is 33.0. The molecule has 1 aliphatic heterocycles. The maximum absolute atomic E-state index is 12.4. The number of hydrogen-bond donors (Lipinski definition) is 4. The minimum absolute atomic E-state index is 0.0268. The molecule has 5 amide bonds. The molecule has 0 aromatic heterocycles. The van der Waals surface area contributed by atoms with Gasteiger partial charge < -0.3 is 68.1 Å². The third-order valence-electron chi connectivity index (χ3n) is 7.13. The van der Waals surface area contributed by atoms with Crippen molar-refractivity contribution in [2.75, 3.05) is 159 Å². The number of amides is 5. The highest BCUT2D eigenvalue weighted by atomic mass is 17.0. The number of carbonyl (C=O) groups excluding carboxylic acids is 6. The second kappa shape index (κ2) is 34.7. The molecule has 23 heteroatoms. The number of nitrogens with zero attached hydrogens (tertiary/aromatic N) is 1. The van der Waals surface area contributed by atoms with Crippen molar-refractivity contribution in [2.45, 2.75) is 25.4 Å². The molecular formula is C34H61N4O19+. The van der Waals surface area contributed by atoms with E-state index in [4.69, 9.17) is 52.1 Å². The Balaban J connectivity index is 2.30. The molecule has 1 aliphatic rings. The van der Waals surface area contributed by atoms with E-state index < -0.39 is 47.6 Å². The molecule has 0 aromatic rings. The lowest BCUT2D eigenvalue weighted by Gasteiger charge is -2.18. The Morgan fingerprint density at radius 1 is 0.544 bits per heavy atom. The number of ether oxygens (including phenoxy) is 11. The first-order valence-electron chi connectivity index (χ1n) is 18.5. The Morgan fingerprint density at radius 3 is 1.40 bits per heavy atom. The topological polar surface area (TPSA) is 269 Å². The van der Waals surface area contributed by atoms with Gasteiger partial charge >= 0.3 is 17.8 Å². The second-order valence-electron chi connectivity index (χ2n) is 11.7. The third-order valence-corrected chi connectivity index (χ3v) is 7.13. The highest BCUT2D eigenvalue weighted by Gasteiger charge is 2.55. The van der Waals surface area contributed by atoms with Crippen LogP contribution < -0.4 is 16.0 Å². The largest absolute Gasteiger partial charge is 0.397 e. The number of hydroxylamine groups is 4. The fourth-order valence-corrected chi connectivity index (χ4v) is 4.19. The van der Waals surface area contributed by atoms with Crippen molar-refractivity contribution >= 4 is 35.5 Å². The molecular weight excluding hydrogens is 768 g/mol. The van der Waals surface area contributed by atoms with Gasteiger partial charge in [0.05, 0.1) is 125 Å². The van der Waals surface area contributed by atoms with E-state index in [-0.39, 0.29) is 124 Å². The quantitative estimate of drug-likeness (QED) is 0.0209. The number of imide groups is 1. The highest BCUT2D eigenvalue weighted by molar-refractivity contribution is 5.91. The van der Waals surface area contributed by atoms with Crippen LogP contribution in [-0.4, -0.2) is 211 Å². The molecule has 0 spiro atoms. The number of rotatable bonds is 39. The molecule has 0 aliphatic carbocycles. The Labute approximate surface area is 331 Å². The van der Waals surface area contributed by atoms with E-state index in [1.165, 1.54) is 0 Å². The van der Waals surface area contributed by atoms with Crippen LogP contribution in [-0.2, 0) is 85.7 Å². The van der Waals surface area contributed by atoms with E-state index in [0.29, 0.717) is 39.6 Å². The minimum Gasteiger partial charge on any atom is -0.382 e. The summed E-state index contributed by atoms with van der Waals surface area (Å²) in [6, 6.07) is 0. The first-order valence-corrected chi connectivity index (χ1v) is 18.5. The summed E-state index contributed by atoms with van der Waals surface area (Å²) in [6.07, 6.45) is -1.62. The molecule has 0 aromatic carbocycles. The number of nitrogens with one attached hydrogen (secondary N) is 3. The summed E-state index contributed by atoms with van der Waals surface area (Å²) in [5.41, 5.74) is 0. The number of carbonyl (C=O) groups is 6. The zero-order valence-electron chi connectivity index (χ0n) is 33.0. The van der Waals surface area contributed by atoms with Gasteiger partial charge in [0.15, 0.2) is 0 Å². The summed E-state index contributed by atoms with van der Waals surface area (Å²) in [5.74, 6) is -4.15. The van der Waals surface area contributed by atoms with Gasteiger partial charge in [0.25, 0.3) is 0 Å². The molecule has 4 N–H and O–H groups in total. The van der Waals surface area contributed by atoms with Crippen LogP contribution in [0.3, 0.4) is 0 Å². The van der Waals surface area contributed by atoms with Gasteiger partial charge in [0.2, 0.25) is 17.7 Å². The number of hydrogen-bond acceptors (Lipinski definition) is 19. The standard InChI is InChI=1S/C34H60N4O19/c1-46-11-13-50-17-21-54-25-29(39)36-7-9-48-15-19-52-23-28(24-53-20-16-49-10-8-37-30(40)26-55-22-18-51-14-12-47-2)56-27-31(41)35-6-5-34(44)57-38(45)32(42)3-4-33(38)43/h28,45H,3-27H2,1-2H3,(H2-,35,36,37,39,40,41)/p+1. The Hall–Kier alpha value is -3.30. The SMILES string of the molecule is COCCOCCOCC(=O)NCCOCCOCC(COCCOCCNC(=O)COCCOCCOC)OCC(=O)NCCC(=O)O[N+]1(O)C(=O)CCC1=O. The monoisotopic (exact) mass is 829 g/mol. The lowest BCUT2D eigenvalue weighted by atomic mass is 10.4. The molecule has 1 fully saturated rings. The molecule has 1 heterocycles. The molecule has 0 unspecified atom stereocenters. The number of methoxy groups -OCH3 is 2. The van der Waals surface area contributed by atoms with Gasteiger partial charge in [-0.2, -0.15) is 5.21 Å². The lowest BCUT2D eigenvalue weighted by Crippen LogP contribution is -2.50. The minimum atomic E-state index is -2.04. The summed E-state index contributed by atoms with van der Waals surface area (Å²) in [4.78, 5) is 74.1. The molecule has 1 saturated heterocycles. The van der Waals surface area contributed by atoms with E-state index in [1.54, 1.807) is 14.2 Å². The molecule has 1 rings (SSSR count). The van der Waals surface area contributed by atoms with Crippen molar-refractivity contribution in [3.05, 3.63) is 0 Å². The van der Waals surface area contributed by atoms with Crippen LogP contribution in [0.25, 0.3) is 0 Å². The zero-order chi connectivity index (χ0) is 41.8. The normalized spacial score (nSPS) is 13.6. The Bertz CT molecular complexity index is 1070. The van der Waals surface area contributed by atoms with Crippen molar-refractivity contribution in [1.29, 1.82) is 0 Å². The van der Waals surface area contributed by atoms with Crippen LogP contribution in [0.15, 0.2) is 0 Å². The summed E-state index contributed by atoms with van der Waals surface area (Å²) in [6.45, 7) is 4.10. The van der Waals surface area contributed by atoms with Gasteiger partial charge in [0.1, 0.15) is 30.7 Å². The smallest absolute Gasteiger partial charge is 0.382 e. The maximum atomic E-state index is 12.4. The first-order chi connectivity index (χ1) is 27.6. The summed E-state index contributed by atoms with van der Waals surface area (Å²) in [7, 11) is 3.15. The predicted molar refractivity (Wildman–Crippen MR) is 191 cm³/mol. The molecule has 0 radical (unpaired) electrons. The lowest BCUT2D eigenvalue weighted by molar-refractivity contribution is -1.12. The van der Waals surface area contributed by atoms with Crippen LogP contribution in [0, 0.1) is 0 Å². The Kier molecular flexibility index (Phi) is 31.5. The van der Waals surface area contributed by atoms with Crippen molar-refractivity contribution in [1.82, 2.24) is 16.0 Å². The summed E-state index contributed by atoms with van der Waals surface area (Å²) < 4.78 is 58.5. The fraction of sp³-hybridized carbons (Fsp3) is 0.824. The van der Waals surface area contributed by atoms with Crippen molar-refractivity contribution in [3.8, 4) is 0 Å². The van der Waals surface area contributed by atoms with E-state index in [0.717, 1.165) is 0 Å². The van der Waals surface area contributed by atoms with Gasteiger partial charge in [0, 0.05) is 33.9 Å². The average molecular weight is 830 g/mol. The van der Waals surface area contributed by atoms with Crippen molar-refractivity contribution in [3.63, 3.8) is 0 Å². The van der Waals surface area contributed by atoms with Gasteiger partial charge in [-0.1, -0.05) is 0 Å². The molecule has 23 nitrogen and oxygen atoms in total. The van der Waals surface area contributed by atoms with Gasteiger partial charge in [-0.05, 0) is 0 Å². The fourth-order valence-electron chi connectivity index (χ4n) is 4.19. The van der Waals surface area contributed by atoms with E-state index in [9.17, 15) is 34.0 Å². The van der Waals surface area contributed by atoms with Gasteiger partial charge in [-0.25, -0.2) is 19.2 Å². The van der Waals surface area contributed by atoms with Crippen LogP contribution in [0.5, 0.6) is 0 Å². The van der Waals surface area contributed by atoms with Crippen LogP contribution in [0.1, 0.15) is 19.3 Å². The van der Waals surface area contributed by atoms with Crippen molar-refractivity contribution in [2.24, 2.45) is 0 Å². The highest BCUT2D eigenvalue weighted by Crippen LogP contribution is 2.20. The second-order valence-corrected chi connectivity index (χ2v) is 11.7. The van der Waals surface area contributed by atoms with E-state index >= 15 is 0 Å². The molecule has 330 valence electrons. The van der Waals surface area contributed by atoms with Crippen LogP contribution in [0.2, 0.25) is 0 Å². The Morgan fingerprint density at radius 2 is 0.930 bits per heavy atom. The van der Waals surface area contributed by atoms with Crippen LogP contribution >= 0.6 is 0 Å². The number of quaternary nitrogens is 1. The van der Waals surface area contributed by atoms with Crippen LogP contribution in [0.4, 0.5) is 0 Å². The predicted octanol–water partition coefficient (Wildman–Crippen LogP) is -2.95. The first kappa shape index (κ1) is 51.7. The summed E-state index contributed by atoms with van der Waals surface area (Å²) in [5, 5.41) is 17.8. The van der Waals surface area contributed by atoms with E-state index in [2.05, 4.69) is 20.8 Å². The summed E-state index contributed by atoms with van der Waals surface area (Å²) >= 11 is 0. The molecule has 0 saturated carbocycles. The maximum Gasteiger partial charge on any atom is 0.397 e. The van der Waals surface area contributed by atoms with Gasteiger partial charge in [-0.3, -0.25) is 14.4 Å². The molecule has 0 bridgehead atoms. The average Bonchev–Trinajstić information content (AvgIpc) is 3.43. The van der Waals surface area contributed by atoms with E-state index in [1.807, 2.05) is 0 Å².